The first-order valence-corrected chi connectivity index (χ1v) is 6.19. The van der Waals surface area contributed by atoms with Gasteiger partial charge in [0.1, 0.15) is 0 Å². The predicted molar refractivity (Wildman–Crippen MR) is 71.5 cm³/mol. The first-order valence-electron chi connectivity index (χ1n) is 6.19. The van der Waals surface area contributed by atoms with E-state index in [0.717, 1.165) is 0 Å². The van der Waals surface area contributed by atoms with E-state index >= 15 is 0 Å². The summed E-state index contributed by atoms with van der Waals surface area (Å²) in [5.74, 6) is -0.902. The SMILES string of the molecule is CC(C)(C)CC(CC(=O)O)NC(=O)NC(C)(C)C. The summed E-state index contributed by atoms with van der Waals surface area (Å²) in [5, 5.41) is 14.4. The van der Waals surface area contributed by atoms with Crippen molar-refractivity contribution in [3.8, 4) is 0 Å². The molecule has 18 heavy (non-hydrogen) atoms. The van der Waals surface area contributed by atoms with Gasteiger partial charge in [0, 0.05) is 11.6 Å². The molecule has 0 bridgehead atoms. The zero-order valence-electron chi connectivity index (χ0n) is 12.3. The Morgan fingerprint density at radius 2 is 1.61 bits per heavy atom. The maximum Gasteiger partial charge on any atom is 0.315 e. The molecule has 0 aromatic heterocycles. The summed E-state index contributed by atoms with van der Waals surface area (Å²) in [5.41, 5.74) is -0.366. The lowest BCUT2D eigenvalue weighted by molar-refractivity contribution is -0.137. The van der Waals surface area contributed by atoms with Crippen LogP contribution in [0.4, 0.5) is 4.79 Å². The Morgan fingerprint density at radius 1 is 1.11 bits per heavy atom. The van der Waals surface area contributed by atoms with Crippen molar-refractivity contribution in [1.29, 1.82) is 0 Å². The minimum atomic E-state index is -0.902. The van der Waals surface area contributed by atoms with Gasteiger partial charge in [-0.25, -0.2) is 4.79 Å². The molecule has 0 fully saturated rings. The highest BCUT2D eigenvalue weighted by molar-refractivity contribution is 5.76. The van der Waals surface area contributed by atoms with E-state index in [4.69, 9.17) is 5.11 Å². The Morgan fingerprint density at radius 3 is 1.94 bits per heavy atom. The summed E-state index contributed by atoms with van der Waals surface area (Å²) < 4.78 is 0. The third kappa shape index (κ3) is 9.93. The second-order valence-electron chi connectivity index (χ2n) is 6.91. The summed E-state index contributed by atoms with van der Waals surface area (Å²) in [6, 6.07) is -0.678. The summed E-state index contributed by atoms with van der Waals surface area (Å²) in [6.45, 7) is 11.7. The van der Waals surface area contributed by atoms with Gasteiger partial charge < -0.3 is 15.7 Å². The fourth-order valence-corrected chi connectivity index (χ4v) is 1.69. The molecule has 1 unspecified atom stereocenters. The lowest BCUT2D eigenvalue weighted by atomic mass is 9.87. The molecule has 0 rings (SSSR count). The van der Waals surface area contributed by atoms with Gasteiger partial charge in [-0.2, -0.15) is 0 Å². The van der Waals surface area contributed by atoms with Gasteiger partial charge >= 0.3 is 12.0 Å². The zero-order valence-corrected chi connectivity index (χ0v) is 12.3. The normalized spacial score (nSPS) is 13.9. The fourth-order valence-electron chi connectivity index (χ4n) is 1.69. The molecular weight excluding hydrogens is 232 g/mol. The molecule has 0 heterocycles. The predicted octanol–water partition coefficient (Wildman–Crippen LogP) is 2.36. The van der Waals surface area contributed by atoms with Gasteiger partial charge in [0.15, 0.2) is 0 Å². The molecule has 5 heteroatoms. The topological polar surface area (TPSA) is 78.4 Å². The second kappa shape index (κ2) is 6.07. The number of aliphatic carboxylic acids is 1. The maximum atomic E-state index is 11.7. The molecule has 0 spiro atoms. The lowest BCUT2D eigenvalue weighted by Gasteiger charge is -2.28. The monoisotopic (exact) mass is 258 g/mol. The van der Waals surface area contributed by atoms with Crippen LogP contribution in [-0.4, -0.2) is 28.7 Å². The Hall–Kier alpha value is -1.26. The molecule has 0 radical (unpaired) electrons. The van der Waals surface area contributed by atoms with E-state index in [1.807, 2.05) is 41.5 Å². The Balaban J connectivity index is 4.50. The van der Waals surface area contributed by atoms with E-state index < -0.39 is 5.97 Å². The molecular formula is C13H26N2O3. The average molecular weight is 258 g/mol. The third-order valence-electron chi connectivity index (χ3n) is 2.10. The second-order valence-corrected chi connectivity index (χ2v) is 6.91. The Labute approximate surface area is 109 Å². The van der Waals surface area contributed by atoms with Crippen molar-refractivity contribution in [2.24, 2.45) is 5.41 Å². The highest BCUT2D eigenvalue weighted by Gasteiger charge is 2.24. The minimum absolute atomic E-state index is 0.0326. The number of carbonyl (C=O) groups excluding carboxylic acids is 1. The van der Waals surface area contributed by atoms with Crippen molar-refractivity contribution in [3.63, 3.8) is 0 Å². The first kappa shape index (κ1) is 16.7. The van der Waals surface area contributed by atoms with Gasteiger partial charge in [-0.05, 0) is 32.6 Å². The molecule has 5 nitrogen and oxygen atoms in total. The number of carboxylic acid groups (broad SMARTS) is 1. The van der Waals surface area contributed by atoms with Crippen molar-refractivity contribution < 1.29 is 14.7 Å². The van der Waals surface area contributed by atoms with E-state index in [0.29, 0.717) is 6.42 Å². The van der Waals surface area contributed by atoms with Gasteiger partial charge in [0.2, 0.25) is 0 Å². The molecule has 0 aromatic carbocycles. The molecule has 0 saturated heterocycles. The maximum absolute atomic E-state index is 11.7. The number of carbonyl (C=O) groups is 2. The fraction of sp³-hybridized carbons (Fsp3) is 0.846. The number of carboxylic acids is 1. The van der Waals surface area contributed by atoms with Crippen LogP contribution in [0.25, 0.3) is 0 Å². The lowest BCUT2D eigenvalue weighted by Crippen LogP contribution is -2.50. The van der Waals surface area contributed by atoms with E-state index in [2.05, 4.69) is 10.6 Å². The molecule has 0 saturated carbocycles. The van der Waals surface area contributed by atoms with Crippen molar-refractivity contribution in [1.82, 2.24) is 10.6 Å². The van der Waals surface area contributed by atoms with Crippen LogP contribution in [0.1, 0.15) is 54.4 Å². The summed E-state index contributed by atoms with van der Waals surface area (Å²) >= 11 is 0. The van der Waals surface area contributed by atoms with Gasteiger partial charge in [0.25, 0.3) is 0 Å². The van der Waals surface area contributed by atoms with Gasteiger partial charge in [-0.15, -0.1) is 0 Å². The molecule has 1 atom stereocenters. The first-order chi connectivity index (χ1) is 7.89. The minimum Gasteiger partial charge on any atom is -0.481 e. The van der Waals surface area contributed by atoms with Crippen LogP contribution in [0.15, 0.2) is 0 Å². The molecule has 106 valence electrons. The summed E-state index contributed by atoms with van der Waals surface area (Å²) in [7, 11) is 0. The average Bonchev–Trinajstić information content (AvgIpc) is 1.92. The zero-order chi connectivity index (χ0) is 14.6. The highest BCUT2D eigenvalue weighted by atomic mass is 16.4. The van der Waals surface area contributed by atoms with E-state index in [1.54, 1.807) is 0 Å². The quantitative estimate of drug-likeness (QED) is 0.724. The number of nitrogens with one attached hydrogen (secondary N) is 2. The van der Waals surface area contributed by atoms with E-state index in [1.165, 1.54) is 0 Å². The largest absolute Gasteiger partial charge is 0.481 e. The highest BCUT2D eigenvalue weighted by Crippen LogP contribution is 2.22. The van der Waals surface area contributed by atoms with Crippen LogP contribution in [0.5, 0.6) is 0 Å². The number of hydrogen-bond acceptors (Lipinski definition) is 2. The Bertz CT molecular complexity index is 300. The standard InChI is InChI=1S/C13H26N2O3/c1-12(2,3)8-9(7-10(16)17)14-11(18)15-13(4,5)6/h9H,7-8H2,1-6H3,(H,16,17)(H2,14,15,18). The molecule has 3 N–H and O–H groups in total. The van der Waals surface area contributed by atoms with Crippen molar-refractivity contribution in [2.45, 2.75) is 66.0 Å². The van der Waals surface area contributed by atoms with Crippen LogP contribution in [0.2, 0.25) is 0 Å². The summed E-state index contributed by atoms with van der Waals surface area (Å²) in [4.78, 5) is 22.5. The van der Waals surface area contributed by atoms with Gasteiger partial charge in [-0.1, -0.05) is 20.8 Å². The molecule has 0 aliphatic heterocycles. The molecule has 0 aromatic rings. The smallest absolute Gasteiger partial charge is 0.315 e. The van der Waals surface area contributed by atoms with Crippen LogP contribution in [-0.2, 0) is 4.79 Å². The van der Waals surface area contributed by atoms with Crippen LogP contribution < -0.4 is 10.6 Å². The van der Waals surface area contributed by atoms with Crippen molar-refractivity contribution in [3.05, 3.63) is 0 Å². The molecule has 2 amide bonds. The molecule has 0 aliphatic carbocycles. The van der Waals surface area contributed by atoms with E-state index in [-0.39, 0.29) is 29.4 Å². The van der Waals surface area contributed by atoms with Crippen molar-refractivity contribution >= 4 is 12.0 Å². The van der Waals surface area contributed by atoms with Crippen LogP contribution >= 0.6 is 0 Å². The molecule has 0 aliphatic rings. The van der Waals surface area contributed by atoms with Crippen LogP contribution in [0.3, 0.4) is 0 Å². The van der Waals surface area contributed by atoms with Gasteiger partial charge in [-0.3, -0.25) is 4.79 Å². The number of hydrogen-bond donors (Lipinski definition) is 3. The third-order valence-corrected chi connectivity index (χ3v) is 2.10. The Kier molecular flexibility index (Phi) is 5.64. The van der Waals surface area contributed by atoms with E-state index in [9.17, 15) is 9.59 Å². The number of urea groups is 1. The van der Waals surface area contributed by atoms with Gasteiger partial charge in [0.05, 0.1) is 6.42 Å². The van der Waals surface area contributed by atoms with Crippen LogP contribution in [0, 0.1) is 5.41 Å². The van der Waals surface area contributed by atoms with Crippen molar-refractivity contribution in [2.75, 3.05) is 0 Å². The summed E-state index contributed by atoms with van der Waals surface area (Å²) in [6.07, 6.45) is 0.561. The number of rotatable bonds is 4. The number of amides is 2.